The molecule has 0 aromatic heterocycles. The van der Waals surface area contributed by atoms with E-state index in [1.54, 1.807) is 0 Å². The standard InChI is InChI=1S/C24H26N2O2/c1-2-26-20-7-6-19(17-4-3-5-18(21(17)20)22(26)27)25-23(28)24-11-14-8-15(12-24)10-16(9-14)13-24/h3-7,14-16H,2,8-13H2,1H3,(H,25,28). The molecule has 4 bridgehead atoms. The Morgan fingerprint density at radius 1 is 1.07 bits per heavy atom. The quantitative estimate of drug-likeness (QED) is 0.824. The molecule has 4 fully saturated rings. The molecule has 4 saturated carbocycles. The number of hydrogen-bond acceptors (Lipinski definition) is 2. The van der Waals surface area contributed by atoms with Crippen molar-refractivity contribution in [2.75, 3.05) is 16.8 Å². The zero-order valence-corrected chi connectivity index (χ0v) is 16.3. The summed E-state index contributed by atoms with van der Waals surface area (Å²) >= 11 is 0. The third-order valence-electron chi connectivity index (χ3n) is 7.87. The molecular formula is C24H26N2O2. The van der Waals surface area contributed by atoms with Crippen molar-refractivity contribution in [2.45, 2.75) is 45.4 Å². The van der Waals surface area contributed by atoms with Crippen molar-refractivity contribution in [1.82, 2.24) is 0 Å². The van der Waals surface area contributed by atoms with Crippen LogP contribution < -0.4 is 10.2 Å². The first kappa shape index (κ1) is 16.6. The molecular weight excluding hydrogens is 348 g/mol. The van der Waals surface area contributed by atoms with Gasteiger partial charge in [0.1, 0.15) is 0 Å². The molecule has 2 amide bonds. The maximum atomic E-state index is 13.5. The molecule has 0 unspecified atom stereocenters. The van der Waals surface area contributed by atoms with Gasteiger partial charge in [-0.25, -0.2) is 0 Å². The molecule has 2 aromatic rings. The van der Waals surface area contributed by atoms with Crippen LogP contribution in [-0.2, 0) is 4.79 Å². The van der Waals surface area contributed by atoms with E-state index in [4.69, 9.17) is 0 Å². The van der Waals surface area contributed by atoms with Gasteiger partial charge < -0.3 is 10.2 Å². The molecule has 28 heavy (non-hydrogen) atoms. The Morgan fingerprint density at radius 3 is 2.39 bits per heavy atom. The van der Waals surface area contributed by atoms with Crippen LogP contribution in [0.5, 0.6) is 0 Å². The first-order valence-corrected chi connectivity index (χ1v) is 10.8. The number of carbonyl (C=O) groups is 2. The Hall–Kier alpha value is -2.36. The highest BCUT2D eigenvalue weighted by molar-refractivity contribution is 6.27. The van der Waals surface area contributed by atoms with E-state index < -0.39 is 0 Å². The first-order valence-electron chi connectivity index (χ1n) is 10.8. The Kier molecular flexibility index (Phi) is 3.31. The summed E-state index contributed by atoms with van der Waals surface area (Å²) in [5.41, 5.74) is 2.40. The van der Waals surface area contributed by atoms with E-state index in [0.717, 1.165) is 64.7 Å². The van der Waals surface area contributed by atoms with E-state index in [9.17, 15) is 9.59 Å². The summed E-state index contributed by atoms with van der Waals surface area (Å²) in [6.45, 7) is 2.65. The monoisotopic (exact) mass is 374 g/mol. The predicted octanol–water partition coefficient (Wildman–Crippen LogP) is 4.97. The lowest BCUT2D eigenvalue weighted by molar-refractivity contribution is -0.140. The van der Waals surface area contributed by atoms with Crippen LogP contribution in [0.3, 0.4) is 0 Å². The second-order valence-corrected chi connectivity index (χ2v) is 9.56. The SMILES string of the molecule is CCN1C(=O)c2cccc3c(NC(=O)C45CC6CC(CC(C6)C4)C5)ccc1c23. The first-order chi connectivity index (χ1) is 13.6. The third-order valence-corrected chi connectivity index (χ3v) is 7.87. The second-order valence-electron chi connectivity index (χ2n) is 9.56. The molecule has 1 N–H and O–H groups in total. The summed E-state index contributed by atoms with van der Waals surface area (Å²) in [7, 11) is 0. The number of nitrogens with one attached hydrogen (secondary N) is 1. The van der Waals surface area contributed by atoms with E-state index >= 15 is 0 Å². The summed E-state index contributed by atoms with van der Waals surface area (Å²) in [5.74, 6) is 2.53. The molecule has 0 saturated heterocycles. The molecule has 1 heterocycles. The fourth-order valence-electron chi connectivity index (χ4n) is 7.11. The summed E-state index contributed by atoms with van der Waals surface area (Å²) in [5, 5.41) is 5.27. The van der Waals surface area contributed by atoms with Crippen LogP contribution in [0.2, 0.25) is 0 Å². The number of amides is 2. The minimum Gasteiger partial charge on any atom is -0.325 e. The lowest BCUT2D eigenvalue weighted by Crippen LogP contribution is -2.51. The minimum atomic E-state index is -0.164. The smallest absolute Gasteiger partial charge is 0.258 e. The second kappa shape index (κ2) is 5.59. The van der Waals surface area contributed by atoms with Gasteiger partial charge in [0.2, 0.25) is 5.91 Å². The van der Waals surface area contributed by atoms with Crippen molar-refractivity contribution in [3.05, 3.63) is 35.9 Å². The van der Waals surface area contributed by atoms with Gasteiger partial charge in [0.15, 0.2) is 0 Å². The summed E-state index contributed by atoms with van der Waals surface area (Å²) in [4.78, 5) is 28.0. The molecule has 5 aliphatic rings. The van der Waals surface area contributed by atoms with Crippen LogP contribution in [-0.4, -0.2) is 18.4 Å². The molecule has 4 heteroatoms. The van der Waals surface area contributed by atoms with Gasteiger partial charge in [-0.2, -0.15) is 0 Å². The Labute approximate surface area is 165 Å². The van der Waals surface area contributed by atoms with Crippen LogP contribution in [0, 0.1) is 23.2 Å². The fraction of sp³-hybridized carbons (Fsp3) is 0.500. The van der Waals surface area contributed by atoms with Crippen LogP contribution in [0.4, 0.5) is 11.4 Å². The maximum absolute atomic E-state index is 13.5. The van der Waals surface area contributed by atoms with Crippen LogP contribution >= 0.6 is 0 Å². The van der Waals surface area contributed by atoms with Crippen molar-refractivity contribution in [3.63, 3.8) is 0 Å². The zero-order valence-electron chi connectivity index (χ0n) is 16.3. The van der Waals surface area contributed by atoms with Crippen molar-refractivity contribution in [2.24, 2.45) is 23.2 Å². The molecule has 144 valence electrons. The molecule has 7 rings (SSSR count). The van der Waals surface area contributed by atoms with Crippen LogP contribution in [0.25, 0.3) is 10.8 Å². The minimum absolute atomic E-state index is 0.0626. The van der Waals surface area contributed by atoms with Crippen molar-refractivity contribution in [1.29, 1.82) is 0 Å². The maximum Gasteiger partial charge on any atom is 0.258 e. The summed E-state index contributed by atoms with van der Waals surface area (Å²) in [6.07, 6.45) is 7.20. The van der Waals surface area contributed by atoms with Gasteiger partial charge in [0.25, 0.3) is 5.91 Å². The largest absolute Gasteiger partial charge is 0.325 e. The van der Waals surface area contributed by atoms with Gasteiger partial charge >= 0.3 is 0 Å². The number of hydrogen-bond donors (Lipinski definition) is 1. The van der Waals surface area contributed by atoms with Crippen LogP contribution in [0.15, 0.2) is 30.3 Å². The Balaban J connectivity index is 1.38. The third kappa shape index (κ3) is 2.12. The average Bonchev–Trinajstić information content (AvgIpc) is 2.95. The lowest BCUT2D eigenvalue weighted by Gasteiger charge is -2.55. The number of anilines is 2. The highest BCUT2D eigenvalue weighted by Crippen LogP contribution is 2.60. The van der Waals surface area contributed by atoms with E-state index in [2.05, 4.69) is 5.32 Å². The van der Waals surface area contributed by atoms with E-state index in [0.29, 0.717) is 6.54 Å². The highest BCUT2D eigenvalue weighted by atomic mass is 16.2. The molecule has 0 spiro atoms. The molecule has 1 aliphatic heterocycles. The van der Waals surface area contributed by atoms with E-state index in [1.807, 2.05) is 42.2 Å². The van der Waals surface area contributed by atoms with Gasteiger partial charge in [-0.3, -0.25) is 9.59 Å². The van der Waals surface area contributed by atoms with Gasteiger partial charge in [-0.15, -0.1) is 0 Å². The number of nitrogens with zero attached hydrogens (tertiary/aromatic N) is 1. The lowest BCUT2D eigenvalue weighted by atomic mass is 9.49. The molecule has 0 atom stereocenters. The number of carbonyl (C=O) groups excluding carboxylic acids is 2. The zero-order chi connectivity index (χ0) is 19.0. The average molecular weight is 374 g/mol. The Bertz CT molecular complexity index is 989. The molecule has 4 aliphatic carbocycles. The van der Waals surface area contributed by atoms with Crippen molar-refractivity contribution < 1.29 is 9.59 Å². The van der Waals surface area contributed by atoms with Crippen molar-refractivity contribution in [3.8, 4) is 0 Å². The molecule has 2 aromatic carbocycles. The number of rotatable bonds is 3. The topological polar surface area (TPSA) is 49.4 Å². The fourth-order valence-corrected chi connectivity index (χ4v) is 7.11. The normalized spacial score (nSPS) is 32.4. The van der Waals surface area contributed by atoms with Gasteiger partial charge in [0.05, 0.1) is 11.1 Å². The summed E-state index contributed by atoms with van der Waals surface area (Å²) < 4.78 is 0. The molecule has 4 nitrogen and oxygen atoms in total. The van der Waals surface area contributed by atoms with Gasteiger partial charge in [-0.05, 0) is 81.4 Å². The predicted molar refractivity (Wildman–Crippen MR) is 111 cm³/mol. The number of benzene rings is 2. The van der Waals surface area contributed by atoms with Gasteiger partial charge in [0, 0.05) is 28.6 Å². The van der Waals surface area contributed by atoms with Crippen molar-refractivity contribution >= 4 is 34.0 Å². The molecule has 0 radical (unpaired) electrons. The van der Waals surface area contributed by atoms with E-state index in [-0.39, 0.29) is 17.2 Å². The Morgan fingerprint density at radius 2 is 1.75 bits per heavy atom. The van der Waals surface area contributed by atoms with Gasteiger partial charge in [-0.1, -0.05) is 12.1 Å². The van der Waals surface area contributed by atoms with Crippen LogP contribution in [0.1, 0.15) is 55.8 Å². The summed E-state index contributed by atoms with van der Waals surface area (Å²) in [6, 6.07) is 9.84. The highest BCUT2D eigenvalue weighted by Gasteiger charge is 2.54. The van der Waals surface area contributed by atoms with E-state index in [1.165, 1.54) is 19.3 Å².